The van der Waals surface area contributed by atoms with Crippen LogP contribution in [-0.4, -0.2) is 0 Å². The highest BCUT2D eigenvalue weighted by Gasteiger charge is 2.31. The minimum Gasteiger partial charge on any atom is -0.416 e. The van der Waals surface area contributed by atoms with E-state index in [9.17, 15) is 48.6 Å². The van der Waals surface area contributed by atoms with Crippen LogP contribution in [0.1, 0.15) is 5.56 Å². The maximum Gasteiger partial charge on any atom is 0.428 e. The Morgan fingerprint density at radius 2 is 0.719 bits per heavy atom. The van der Waals surface area contributed by atoms with E-state index in [4.69, 9.17) is 45.0 Å². The van der Waals surface area contributed by atoms with E-state index in [1.165, 1.54) is 0 Å². The Morgan fingerprint density at radius 3 is 0.969 bits per heavy atom. The van der Waals surface area contributed by atoms with Crippen molar-refractivity contribution in [3.05, 3.63) is 57.9 Å². The normalized spacial score (nSPS) is 11.7. The molecule has 2 aromatic carbocycles. The first-order valence-corrected chi connectivity index (χ1v) is 13.9. The van der Waals surface area contributed by atoms with Crippen molar-refractivity contribution in [3.63, 3.8) is 0 Å². The predicted molar refractivity (Wildman–Crippen MR) is 97.1 cm³/mol. The van der Waals surface area contributed by atoms with Gasteiger partial charge in [-0.05, 0) is 6.92 Å². The van der Waals surface area contributed by atoms with Crippen molar-refractivity contribution in [1.29, 1.82) is 0 Å². The van der Waals surface area contributed by atoms with Gasteiger partial charge in [0.05, 0.1) is 0 Å². The van der Waals surface area contributed by atoms with E-state index in [1.807, 2.05) is 0 Å². The Hall–Kier alpha value is -0.970. The fraction of sp³-hybridized carbons (Fsp3) is 0.0769. The second kappa shape index (κ2) is 10.5. The van der Waals surface area contributed by atoms with Crippen molar-refractivity contribution in [1.82, 2.24) is 0 Å². The third kappa shape index (κ3) is 7.01. The molecular formula is C13H3Cl4F9O4P2. The standard InChI is InChI=1S/C7H3Cl2F4O2P.C6Cl2F5O2P/c1-2-3(10)5(12)7(6(13)4(2)11)15-16(8,9)14;7-16(8,14)15-6-4(12)2(10)1(9)3(11)5(6)13/h1H3;. The zero-order valence-electron chi connectivity index (χ0n) is 14.4. The third-order valence-electron chi connectivity index (χ3n) is 3.01. The molecule has 0 unspecified atom stereocenters. The number of rotatable bonds is 4. The van der Waals surface area contributed by atoms with E-state index in [1.54, 1.807) is 0 Å². The summed E-state index contributed by atoms with van der Waals surface area (Å²) in [5, 5.41) is 0. The van der Waals surface area contributed by atoms with Crippen LogP contribution in [0.5, 0.6) is 11.5 Å². The molecule has 4 nitrogen and oxygen atoms in total. The van der Waals surface area contributed by atoms with E-state index < -0.39 is 81.6 Å². The van der Waals surface area contributed by atoms with Gasteiger partial charge in [0.25, 0.3) is 0 Å². The molecule has 0 radical (unpaired) electrons. The van der Waals surface area contributed by atoms with Crippen LogP contribution in [0.15, 0.2) is 0 Å². The molecule has 0 spiro atoms. The van der Waals surface area contributed by atoms with Crippen LogP contribution in [0.4, 0.5) is 39.5 Å². The number of hydrogen-bond acceptors (Lipinski definition) is 4. The molecule has 0 aromatic heterocycles. The van der Waals surface area contributed by atoms with Gasteiger partial charge in [-0.3, -0.25) is 0 Å². The molecule has 0 saturated heterocycles. The summed E-state index contributed by atoms with van der Waals surface area (Å²) in [6.07, 6.45) is -8.85. The topological polar surface area (TPSA) is 52.6 Å². The third-order valence-corrected chi connectivity index (χ3v) is 4.63. The molecule has 0 fully saturated rings. The van der Waals surface area contributed by atoms with Gasteiger partial charge in [0.15, 0.2) is 11.6 Å². The van der Waals surface area contributed by atoms with Crippen LogP contribution in [-0.2, 0) is 9.13 Å². The summed E-state index contributed by atoms with van der Waals surface area (Å²) in [6.45, 7) is 0.821. The van der Waals surface area contributed by atoms with Crippen molar-refractivity contribution in [2.24, 2.45) is 0 Å². The maximum absolute atomic E-state index is 13.1. The predicted octanol–water partition coefficient (Wildman–Crippen LogP) is 8.86. The lowest BCUT2D eigenvalue weighted by atomic mass is 10.2. The first-order chi connectivity index (χ1) is 14.3. The smallest absolute Gasteiger partial charge is 0.416 e. The summed E-state index contributed by atoms with van der Waals surface area (Å²) in [5.74, 6) is -21.9. The Balaban J connectivity index is 0.000000320. The van der Waals surface area contributed by atoms with Gasteiger partial charge in [0.2, 0.25) is 52.2 Å². The summed E-state index contributed by atoms with van der Waals surface area (Å²) >= 11 is 19.3. The highest BCUT2D eigenvalue weighted by molar-refractivity contribution is 8.05. The van der Waals surface area contributed by atoms with E-state index in [-0.39, 0.29) is 0 Å². The molecule has 0 atom stereocenters. The first kappa shape index (κ1) is 29.1. The van der Waals surface area contributed by atoms with Crippen LogP contribution in [0, 0.1) is 59.3 Å². The molecule has 180 valence electrons. The molecule has 2 rings (SSSR count). The molecule has 0 heterocycles. The molecule has 0 N–H and O–H groups in total. The summed E-state index contributed by atoms with van der Waals surface area (Å²) in [4.78, 5) is 0. The molecule has 0 saturated carbocycles. The van der Waals surface area contributed by atoms with E-state index in [0.717, 1.165) is 6.92 Å². The Morgan fingerprint density at radius 1 is 0.500 bits per heavy atom. The van der Waals surface area contributed by atoms with Crippen molar-refractivity contribution >= 4 is 57.1 Å². The van der Waals surface area contributed by atoms with Crippen molar-refractivity contribution in [2.45, 2.75) is 6.92 Å². The highest BCUT2D eigenvalue weighted by atomic mass is 35.9. The lowest BCUT2D eigenvalue weighted by Gasteiger charge is -2.10. The number of halogens is 13. The van der Waals surface area contributed by atoms with Gasteiger partial charge < -0.3 is 9.05 Å². The molecular weight excluding hydrogens is 595 g/mol. The maximum atomic E-state index is 13.1. The van der Waals surface area contributed by atoms with Crippen LogP contribution < -0.4 is 9.05 Å². The summed E-state index contributed by atoms with van der Waals surface area (Å²) in [5.41, 5.74) is -0.874. The van der Waals surface area contributed by atoms with Gasteiger partial charge in [-0.15, -0.1) is 0 Å². The fourth-order valence-corrected chi connectivity index (χ4v) is 3.25. The van der Waals surface area contributed by atoms with Crippen LogP contribution >= 0.6 is 57.1 Å². The van der Waals surface area contributed by atoms with Gasteiger partial charge in [-0.2, -0.15) is 17.6 Å². The van der Waals surface area contributed by atoms with Gasteiger partial charge in [-0.1, -0.05) is 0 Å². The van der Waals surface area contributed by atoms with Gasteiger partial charge in [-0.25, -0.2) is 31.1 Å². The highest BCUT2D eigenvalue weighted by Crippen LogP contribution is 2.58. The van der Waals surface area contributed by atoms with E-state index in [2.05, 4.69) is 9.05 Å². The summed E-state index contributed by atoms with van der Waals surface area (Å²) < 4.78 is 145. The number of benzene rings is 2. The lowest BCUT2D eigenvalue weighted by Crippen LogP contribution is -2.03. The van der Waals surface area contributed by atoms with Crippen molar-refractivity contribution in [3.8, 4) is 11.5 Å². The minimum absolute atomic E-state index is 0.821. The SMILES string of the molecule is Cc1c(F)c(F)c(OP(=O)(Cl)Cl)c(F)c1F.O=P(Cl)(Cl)Oc1c(F)c(F)c(F)c(F)c1F. The molecule has 0 aliphatic rings. The summed E-state index contributed by atoms with van der Waals surface area (Å²) in [7, 11) is 0. The van der Waals surface area contributed by atoms with Gasteiger partial charge >= 0.3 is 12.1 Å². The van der Waals surface area contributed by atoms with Crippen molar-refractivity contribution in [2.75, 3.05) is 0 Å². The molecule has 0 aliphatic heterocycles. The van der Waals surface area contributed by atoms with E-state index in [0.29, 0.717) is 0 Å². The van der Waals surface area contributed by atoms with Gasteiger partial charge in [0, 0.05) is 50.5 Å². The second-order valence-corrected chi connectivity index (χ2v) is 13.5. The molecule has 32 heavy (non-hydrogen) atoms. The molecule has 19 heteroatoms. The Bertz CT molecular complexity index is 1010. The Kier molecular flexibility index (Phi) is 9.56. The first-order valence-electron chi connectivity index (χ1n) is 7.02. The monoisotopic (exact) mass is 596 g/mol. The quantitative estimate of drug-likeness (QED) is 0.153. The lowest BCUT2D eigenvalue weighted by molar-refractivity contribution is 0.350. The molecule has 0 aliphatic carbocycles. The van der Waals surface area contributed by atoms with E-state index >= 15 is 0 Å². The van der Waals surface area contributed by atoms with Crippen LogP contribution in [0.2, 0.25) is 0 Å². The average Bonchev–Trinajstić information content (AvgIpc) is 2.67. The Labute approximate surface area is 191 Å². The van der Waals surface area contributed by atoms with Gasteiger partial charge in [0.1, 0.15) is 0 Å². The molecule has 2 aromatic rings. The molecule has 0 bridgehead atoms. The van der Waals surface area contributed by atoms with Crippen LogP contribution in [0.25, 0.3) is 0 Å². The summed E-state index contributed by atoms with van der Waals surface area (Å²) in [6, 6.07) is 0. The van der Waals surface area contributed by atoms with Crippen LogP contribution in [0.3, 0.4) is 0 Å². The fourth-order valence-electron chi connectivity index (χ4n) is 1.68. The second-order valence-electron chi connectivity index (χ2n) is 5.12. The minimum atomic E-state index is -4.49. The zero-order chi connectivity index (χ0) is 25.3. The number of hydrogen-bond donors (Lipinski definition) is 0. The zero-order valence-corrected chi connectivity index (χ0v) is 19.3. The average molecular weight is 598 g/mol. The largest absolute Gasteiger partial charge is 0.428 e. The van der Waals surface area contributed by atoms with Crippen molar-refractivity contribution < 1.29 is 57.7 Å². The molecule has 0 amide bonds.